The van der Waals surface area contributed by atoms with Crippen LogP contribution in [0.1, 0.15) is 35.5 Å². The van der Waals surface area contributed by atoms with Crippen LogP contribution in [0.15, 0.2) is 54.9 Å². The van der Waals surface area contributed by atoms with Crippen molar-refractivity contribution in [2.24, 2.45) is 0 Å². The van der Waals surface area contributed by atoms with E-state index in [9.17, 15) is 13.6 Å². The third-order valence-electron chi connectivity index (χ3n) is 7.48. The van der Waals surface area contributed by atoms with E-state index < -0.39 is 17.2 Å². The number of carbonyl (C=O) groups is 1. The van der Waals surface area contributed by atoms with Crippen LogP contribution in [0, 0.1) is 11.6 Å². The molecule has 1 fully saturated rings. The van der Waals surface area contributed by atoms with Crippen LogP contribution in [-0.4, -0.2) is 58.0 Å². The topological polar surface area (TPSA) is 69.5 Å². The summed E-state index contributed by atoms with van der Waals surface area (Å²) in [4.78, 5) is 19.9. The van der Waals surface area contributed by atoms with E-state index in [1.54, 1.807) is 24.4 Å². The number of amides is 1. The zero-order valence-corrected chi connectivity index (χ0v) is 22.0. The highest BCUT2D eigenvalue weighted by atomic mass is 19.1. The maximum Gasteiger partial charge on any atom is 0.275 e. The zero-order chi connectivity index (χ0) is 27.3. The number of morpholine rings is 1. The second-order valence-corrected chi connectivity index (χ2v) is 10.5. The van der Waals surface area contributed by atoms with Crippen molar-refractivity contribution in [3.8, 4) is 33.8 Å². The van der Waals surface area contributed by atoms with E-state index in [2.05, 4.69) is 4.98 Å². The monoisotopic (exact) mass is 530 g/mol. The summed E-state index contributed by atoms with van der Waals surface area (Å²) < 4.78 is 41.6. The molecule has 6 rings (SSSR count). The quantitative estimate of drug-likeness (QED) is 0.361. The van der Waals surface area contributed by atoms with Crippen LogP contribution in [0.2, 0.25) is 0 Å². The summed E-state index contributed by atoms with van der Waals surface area (Å²) in [5, 5.41) is 4.74. The molecule has 2 aromatic heterocycles. The van der Waals surface area contributed by atoms with Crippen molar-refractivity contribution in [3.05, 3.63) is 83.3 Å². The van der Waals surface area contributed by atoms with Gasteiger partial charge in [-0.1, -0.05) is 0 Å². The minimum absolute atomic E-state index is 0.207. The van der Waals surface area contributed by atoms with Crippen LogP contribution < -0.4 is 4.74 Å². The van der Waals surface area contributed by atoms with Crippen molar-refractivity contribution in [3.63, 3.8) is 0 Å². The van der Waals surface area contributed by atoms with Crippen molar-refractivity contribution in [1.29, 1.82) is 0 Å². The van der Waals surface area contributed by atoms with Gasteiger partial charge in [-0.25, -0.2) is 13.5 Å². The van der Waals surface area contributed by atoms with E-state index in [0.717, 1.165) is 33.9 Å². The number of halogens is 2. The normalized spacial score (nSPS) is 16.0. The lowest BCUT2D eigenvalue weighted by Gasteiger charge is -2.41. The van der Waals surface area contributed by atoms with E-state index in [1.165, 1.54) is 16.8 Å². The Morgan fingerprint density at radius 2 is 1.77 bits per heavy atom. The number of rotatable bonds is 4. The molecular weight excluding hydrogens is 502 g/mol. The first-order valence-electron chi connectivity index (χ1n) is 12.9. The average molecular weight is 531 g/mol. The molecule has 7 nitrogen and oxygen atoms in total. The third kappa shape index (κ3) is 4.36. The Labute approximate surface area is 225 Å². The predicted molar refractivity (Wildman–Crippen MR) is 142 cm³/mol. The number of fused-ring (bicyclic) bond motifs is 3. The van der Waals surface area contributed by atoms with E-state index >= 15 is 0 Å². The number of benzene rings is 2. The summed E-state index contributed by atoms with van der Waals surface area (Å²) in [6, 6.07) is 11.1. The molecule has 39 heavy (non-hydrogen) atoms. The number of aromatic nitrogens is 3. The van der Waals surface area contributed by atoms with E-state index in [0.29, 0.717) is 44.0 Å². The number of carbonyl (C=O) groups excluding carboxylic acids is 1. The molecule has 9 heteroatoms. The molecule has 2 aromatic carbocycles. The summed E-state index contributed by atoms with van der Waals surface area (Å²) >= 11 is 0. The molecule has 0 saturated carbocycles. The van der Waals surface area contributed by atoms with Crippen LogP contribution >= 0.6 is 0 Å². The van der Waals surface area contributed by atoms with Gasteiger partial charge >= 0.3 is 0 Å². The number of hydrogen-bond donors (Lipinski definition) is 0. The molecule has 0 bridgehead atoms. The molecule has 0 N–H and O–H groups in total. The van der Waals surface area contributed by atoms with Crippen LogP contribution in [0.4, 0.5) is 8.78 Å². The predicted octanol–water partition coefficient (Wildman–Crippen LogP) is 5.24. The van der Waals surface area contributed by atoms with Gasteiger partial charge in [-0.05, 0) is 74.2 Å². The molecule has 1 saturated heterocycles. The lowest BCUT2D eigenvalue weighted by molar-refractivity contribution is -0.0373. The van der Waals surface area contributed by atoms with Gasteiger partial charge in [0.1, 0.15) is 17.4 Å². The van der Waals surface area contributed by atoms with E-state index in [4.69, 9.17) is 14.6 Å². The standard InChI is InChI=1S/C30H28F2N4O3/c1-30(2)17-39-11-10-35(30)29(37)27-23-5-4-19-12-26(38-3)24(18-6-8-33-9-7-18)16-25(19)28(23)36(34-27)22-14-20(31)13-21(32)15-22/h6-9,12-16H,4-5,10-11,17H2,1-3H3. The molecular formula is C30H28F2N4O3. The molecule has 1 aliphatic heterocycles. The minimum Gasteiger partial charge on any atom is -0.496 e. The Kier molecular flexibility index (Phi) is 6.18. The van der Waals surface area contributed by atoms with Gasteiger partial charge in [0.15, 0.2) is 5.69 Å². The molecule has 0 unspecified atom stereocenters. The van der Waals surface area contributed by atoms with Crippen molar-refractivity contribution >= 4 is 5.91 Å². The first kappa shape index (κ1) is 25.2. The largest absolute Gasteiger partial charge is 0.496 e. The Morgan fingerprint density at radius 3 is 2.46 bits per heavy atom. The van der Waals surface area contributed by atoms with Crippen LogP contribution in [0.3, 0.4) is 0 Å². The summed E-state index contributed by atoms with van der Waals surface area (Å²) in [5.74, 6) is -0.960. The number of pyridine rings is 1. The van der Waals surface area contributed by atoms with Crippen molar-refractivity contribution in [2.45, 2.75) is 32.2 Å². The Hall–Kier alpha value is -4.11. The number of methoxy groups -OCH3 is 1. The first-order valence-corrected chi connectivity index (χ1v) is 12.9. The molecule has 0 spiro atoms. The molecule has 2 aliphatic rings. The smallest absolute Gasteiger partial charge is 0.275 e. The van der Waals surface area contributed by atoms with Gasteiger partial charge in [0.05, 0.1) is 37.2 Å². The third-order valence-corrected chi connectivity index (χ3v) is 7.48. The maximum atomic E-state index is 14.4. The molecule has 3 heterocycles. The summed E-state index contributed by atoms with van der Waals surface area (Å²) in [6.07, 6.45) is 4.62. The Morgan fingerprint density at radius 1 is 1.03 bits per heavy atom. The lowest BCUT2D eigenvalue weighted by Crippen LogP contribution is -2.55. The van der Waals surface area contributed by atoms with Gasteiger partial charge in [0.2, 0.25) is 0 Å². The lowest BCUT2D eigenvalue weighted by atomic mass is 9.86. The van der Waals surface area contributed by atoms with E-state index in [1.807, 2.05) is 38.1 Å². The molecule has 4 aromatic rings. The molecule has 1 aliphatic carbocycles. The zero-order valence-electron chi connectivity index (χ0n) is 22.0. The van der Waals surface area contributed by atoms with Crippen molar-refractivity contribution in [1.82, 2.24) is 19.7 Å². The van der Waals surface area contributed by atoms with Crippen molar-refractivity contribution in [2.75, 3.05) is 26.9 Å². The highest BCUT2D eigenvalue weighted by Gasteiger charge is 2.39. The highest BCUT2D eigenvalue weighted by Crippen LogP contribution is 2.43. The van der Waals surface area contributed by atoms with E-state index in [-0.39, 0.29) is 17.3 Å². The average Bonchev–Trinajstić information content (AvgIpc) is 3.32. The van der Waals surface area contributed by atoms with Crippen molar-refractivity contribution < 1.29 is 23.0 Å². The maximum absolute atomic E-state index is 14.4. The number of nitrogens with zero attached hydrogens (tertiary/aromatic N) is 4. The summed E-state index contributed by atoms with van der Waals surface area (Å²) in [7, 11) is 1.63. The summed E-state index contributed by atoms with van der Waals surface area (Å²) in [6.45, 7) is 5.19. The number of aryl methyl sites for hydroxylation is 1. The fourth-order valence-corrected chi connectivity index (χ4v) is 5.58. The SMILES string of the molecule is COc1cc2c(cc1-c1ccncc1)-c1c(c(C(=O)N3CCOCC3(C)C)nn1-c1cc(F)cc(F)c1)CC2. The van der Waals surface area contributed by atoms with Crippen LogP contribution in [0.25, 0.3) is 28.1 Å². The molecule has 200 valence electrons. The van der Waals surface area contributed by atoms with Crippen LogP contribution in [0.5, 0.6) is 5.75 Å². The summed E-state index contributed by atoms with van der Waals surface area (Å²) in [5.41, 5.74) is 4.96. The fourth-order valence-electron chi connectivity index (χ4n) is 5.58. The number of hydrogen-bond acceptors (Lipinski definition) is 5. The van der Waals surface area contributed by atoms with Gasteiger partial charge in [-0.15, -0.1) is 0 Å². The number of ether oxygens (including phenoxy) is 2. The second-order valence-electron chi connectivity index (χ2n) is 10.5. The Bertz CT molecular complexity index is 1560. The van der Waals surface area contributed by atoms with Gasteiger partial charge in [0, 0.05) is 41.7 Å². The van der Waals surface area contributed by atoms with Gasteiger partial charge in [0.25, 0.3) is 5.91 Å². The molecule has 1 amide bonds. The van der Waals surface area contributed by atoms with Gasteiger partial charge in [-0.2, -0.15) is 5.10 Å². The fraction of sp³-hybridized carbons (Fsp3) is 0.300. The molecule has 0 atom stereocenters. The second kappa shape index (κ2) is 9.57. The highest BCUT2D eigenvalue weighted by molar-refractivity contribution is 5.97. The van der Waals surface area contributed by atoms with Gasteiger partial charge < -0.3 is 14.4 Å². The van der Waals surface area contributed by atoms with Gasteiger partial charge in [-0.3, -0.25) is 9.78 Å². The Balaban J connectivity index is 1.59. The molecule has 0 radical (unpaired) electrons. The minimum atomic E-state index is -0.723. The van der Waals surface area contributed by atoms with Crippen LogP contribution in [-0.2, 0) is 17.6 Å². The first-order chi connectivity index (χ1) is 18.8.